The van der Waals surface area contributed by atoms with Gasteiger partial charge in [0.1, 0.15) is 12.1 Å². The number of hydrogen-bond donors (Lipinski definition) is 1. The van der Waals surface area contributed by atoms with Crippen LogP contribution in [0.25, 0.3) is 0 Å². The van der Waals surface area contributed by atoms with E-state index in [9.17, 15) is 9.59 Å². The van der Waals surface area contributed by atoms with Crippen molar-refractivity contribution in [3.63, 3.8) is 0 Å². The Labute approximate surface area is 67.0 Å². The molecule has 1 unspecified atom stereocenters. The van der Waals surface area contributed by atoms with Gasteiger partial charge >= 0.3 is 0 Å². The summed E-state index contributed by atoms with van der Waals surface area (Å²) in [5.74, 6) is 0.00171. The molecule has 3 heteroatoms. The first kappa shape index (κ1) is 10.3. The van der Waals surface area contributed by atoms with Crippen LogP contribution in [0.5, 0.6) is 0 Å². The van der Waals surface area contributed by atoms with Gasteiger partial charge in [-0.15, -0.1) is 0 Å². The van der Waals surface area contributed by atoms with E-state index in [1.807, 2.05) is 0 Å². The van der Waals surface area contributed by atoms with Gasteiger partial charge in [-0.05, 0) is 12.8 Å². The highest BCUT2D eigenvalue weighted by Crippen LogP contribution is 1.98. The molecule has 0 saturated heterocycles. The maximum Gasteiger partial charge on any atom is 0.149 e. The first-order chi connectivity index (χ1) is 5.22. The molecular weight excluding hydrogens is 142 g/mol. The Morgan fingerprint density at radius 3 is 2.73 bits per heavy atom. The molecular formula is C8H14NO2. The zero-order valence-corrected chi connectivity index (χ0v) is 6.58. The summed E-state index contributed by atoms with van der Waals surface area (Å²) >= 11 is 0. The zero-order chi connectivity index (χ0) is 8.69. The number of nitrogens with two attached hydrogens (primary N) is 1. The summed E-state index contributed by atoms with van der Waals surface area (Å²) in [6.07, 6.45) is 2.68. The second-order valence-corrected chi connectivity index (χ2v) is 2.42. The van der Waals surface area contributed by atoms with Crippen LogP contribution in [0.2, 0.25) is 0 Å². The van der Waals surface area contributed by atoms with Crippen molar-refractivity contribution in [3.8, 4) is 0 Å². The Bertz CT molecular complexity index is 134. The maximum absolute atomic E-state index is 11.0. The molecule has 0 aliphatic rings. The summed E-state index contributed by atoms with van der Waals surface area (Å²) in [6.45, 7) is 3.52. The maximum atomic E-state index is 11.0. The van der Waals surface area contributed by atoms with Gasteiger partial charge in [0.2, 0.25) is 0 Å². The summed E-state index contributed by atoms with van der Waals surface area (Å²) in [5.41, 5.74) is 5.40. The second-order valence-electron chi connectivity index (χ2n) is 2.42. The summed E-state index contributed by atoms with van der Waals surface area (Å²) in [7, 11) is 0. The molecule has 0 saturated carbocycles. The molecule has 2 N–H and O–H groups in total. The standard InChI is InChI=1S/C8H14NO2/c1-2-7(9)8(11)5-3-4-6-10/h6-7H,1-5,9H2. The highest BCUT2D eigenvalue weighted by atomic mass is 16.1. The normalized spacial score (nSPS) is 12.5. The zero-order valence-electron chi connectivity index (χ0n) is 6.58. The smallest absolute Gasteiger partial charge is 0.149 e. The van der Waals surface area contributed by atoms with Crippen LogP contribution in [0.15, 0.2) is 0 Å². The van der Waals surface area contributed by atoms with E-state index in [0.717, 1.165) is 6.29 Å². The van der Waals surface area contributed by atoms with Gasteiger partial charge in [-0.25, -0.2) is 0 Å². The topological polar surface area (TPSA) is 60.2 Å². The third-order valence-electron chi connectivity index (χ3n) is 1.47. The molecule has 0 aromatic carbocycles. The fraction of sp³-hybridized carbons (Fsp3) is 0.625. The molecule has 63 valence electrons. The number of carbonyl (C=O) groups excluding carboxylic acids is 2. The van der Waals surface area contributed by atoms with Gasteiger partial charge < -0.3 is 10.5 Å². The van der Waals surface area contributed by atoms with Crippen molar-refractivity contribution in [2.75, 3.05) is 0 Å². The fourth-order valence-electron chi connectivity index (χ4n) is 0.706. The number of unbranched alkanes of at least 4 members (excludes halogenated alkanes) is 1. The van der Waals surface area contributed by atoms with E-state index >= 15 is 0 Å². The lowest BCUT2D eigenvalue weighted by molar-refractivity contribution is -0.120. The first-order valence-electron chi connectivity index (χ1n) is 3.73. The first-order valence-corrected chi connectivity index (χ1v) is 3.73. The van der Waals surface area contributed by atoms with Gasteiger partial charge in [-0.1, -0.05) is 6.92 Å². The Kier molecular flexibility index (Phi) is 5.65. The van der Waals surface area contributed by atoms with Crippen molar-refractivity contribution in [1.29, 1.82) is 0 Å². The number of aldehydes is 1. The van der Waals surface area contributed by atoms with Crippen molar-refractivity contribution in [3.05, 3.63) is 6.92 Å². The molecule has 0 bridgehead atoms. The number of ketones is 1. The van der Waals surface area contributed by atoms with E-state index < -0.39 is 6.04 Å². The molecule has 3 nitrogen and oxygen atoms in total. The van der Waals surface area contributed by atoms with Crippen LogP contribution in [0.3, 0.4) is 0 Å². The van der Waals surface area contributed by atoms with Crippen molar-refractivity contribution in [1.82, 2.24) is 0 Å². The van der Waals surface area contributed by atoms with Crippen LogP contribution >= 0.6 is 0 Å². The Hall–Kier alpha value is -0.700. The van der Waals surface area contributed by atoms with Crippen LogP contribution in [0.4, 0.5) is 0 Å². The van der Waals surface area contributed by atoms with Crippen molar-refractivity contribution in [2.24, 2.45) is 5.73 Å². The van der Waals surface area contributed by atoms with E-state index in [1.54, 1.807) is 0 Å². The molecule has 0 aromatic rings. The number of Topliss-reactive ketones (excluding diaryl/α,β-unsaturated/α-hetero) is 1. The van der Waals surface area contributed by atoms with E-state index in [2.05, 4.69) is 6.92 Å². The molecule has 0 aliphatic heterocycles. The molecule has 1 atom stereocenters. The lowest BCUT2D eigenvalue weighted by Gasteiger charge is -2.05. The molecule has 0 amide bonds. The SMILES string of the molecule is [CH2]CC(N)C(=O)CCCC=O. The lowest BCUT2D eigenvalue weighted by atomic mass is 10.1. The summed E-state index contributed by atoms with van der Waals surface area (Å²) in [6, 6.07) is -0.443. The van der Waals surface area contributed by atoms with E-state index in [1.165, 1.54) is 0 Å². The minimum Gasteiger partial charge on any atom is -0.322 e. The number of rotatable bonds is 6. The molecule has 0 heterocycles. The van der Waals surface area contributed by atoms with E-state index in [-0.39, 0.29) is 5.78 Å². The van der Waals surface area contributed by atoms with Gasteiger partial charge in [0.05, 0.1) is 6.04 Å². The van der Waals surface area contributed by atoms with Crippen LogP contribution in [0.1, 0.15) is 25.7 Å². The van der Waals surface area contributed by atoms with Gasteiger partial charge in [0, 0.05) is 12.8 Å². The fourth-order valence-corrected chi connectivity index (χ4v) is 0.706. The molecule has 0 spiro atoms. The summed E-state index contributed by atoms with van der Waals surface area (Å²) in [4.78, 5) is 20.8. The van der Waals surface area contributed by atoms with E-state index in [4.69, 9.17) is 5.73 Å². The van der Waals surface area contributed by atoms with Crippen molar-refractivity contribution < 1.29 is 9.59 Å². The second kappa shape index (κ2) is 6.04. The van der Waals surface area contributed by atoms with Gasteiger partial charge in [0.15, 0.2) is 0 Å². The van der Waals surface area contributed by atoms with Crippen molar-refractivity contribution >= 4 is 12.1 Å². The van der Waals surface area contributed by atoms with Crippen LogP contribution in [0, 0.1) is 6.92 Å². The highest BCUT2D eigenvalue weighted by Gasteiger charge is 2.09. The predicted molar refractivity (Wildman–Crippen MR) is 42.9 cm³/mol. The highest BCUT2D eigenvalue weighted by molar-refractivity contribution is 5.83. The largest absolute Gasteiger partial charge is 0.322 e. The Balaban J connectivity index is 3.43. The monoisotopic (exact) mass is 156 g/mol. The molecule has 1 radical (unpaired) electrons. The average Bonchev–Trinajstić information content (AvgIpc) is 2.03. The number of carbonyl (C=O) groups is 2. The van der Waals surface area contributed by atoms with Crippen LogP contribution in [-0.2, 0) is 9.59 Å². The molecule has 0 aromatic heterocycles. The Morgan fingerprint density at radius 1 is 1.64 bits per heavy atom. The van der Waals surface area contributed by atoms with Gasteiger partial charge in [-0.3, -0.25) is 4.79 Å². The molecule has 0 rings (SSSR count). The molecule has 0 fully saturated rings. The third kappa shape index (κ3) is 4.67. The quantitative estimate of drug-likeness (QED) is 0.449. The predicted octanol–water partition coefficient (Wildman–Crippen LogP) is 0.476. The summed E-state index contributed by atoms with van der Waals surface area (Å²) < 4.78 is 0. The van der Waals surface area contributed by atoms with E-state index in [0.29, 0.717) is 25.7 Å². The average molecular weight is 156 g/mol. The lowest BCUT2D eigenvalue weighted by Crippen LogP contribution is -2.29. The number of hydrogen-bond acceptors (Lipinski definition) is 3. The minimum absolute atomic E-state index is 0.00171. The summed E-state index contributed by atoms with van der Waals surface area (Å²) in [5, 5.41) is 0. The van der Waals surface area contributed by atoms with Crippen LogP contribution in [-0.4, -0.2) is 18.1 Å². The van der Waals surface area contributed by atoms with Crippen LogP contribution < -0.4 is 5.73 Å². The molecule has 11 heavy (non-hydrogen) atoms. The minimum atomic E-state index is -0.443. The Morgan fingerprint density at radius 2 is 2.27 bits per heavy atom. The van der Waals surface area contributed by atoms with Gasteiger partial charge in [-0.2, -0.15) is 0 Å². The molecule has 0 aliphatic carbocycles. The third-order valence-corrected chi connectivity index (χ3v) is 1.47. The van der Waals surface area contributed by atoms with Gasteiger partial charge in [0.25, 0.3) is 0 Å². The van der Waals surface area contributed by atoms with Crippen molar-refractivity contribution in [2.45, 2.75) is 31.7 Å².